The number of aromatic amines is 1. The second kappa shape index (κ2) is 6.82. The zero-order valence-electron chi connectivity index (χ0n) is 14.3. The molecule has 0 unspecified atom stereocenters. The lowest BCUT2D eigenvalue weighted by Gasteiger charge is -2.05. The van der Waals surface area contributed by atoms with E-state index in [4.69, 9.17) is 0 Å². The van der Waals surface area contributed by atoms with E-state index < -0.39 is 0 Å². The van der Waals surface area contributed by atoms with Crippen molar-refractivity contribution in [3.63, 3.8) is 0 Å². The third-order valence-corrected chi connectivity index (χ3v) is 4.25. The van der Waals surface area contributed by atoms with Gasteiger partial charge in [0.1, 0.15) is 5.82 Å². The zero-order chi connectivity index (χ0) is 17.1. The predicted octanol–water partition coefficient (Wildman–Crippen LogP) is 1.60. The van der Waals surface area contributed by atoms with Crippen molar-refractivity contribution in [1.82, 2.24) is 30.0 Å². The van der Waals surface area contributed by atoms with Crippen LogP contribution in [-0.4, -0.2) is 37.2 Å². The van der Waals surface area contributed by atoms with E-state index in [1.165, 1.54) is 5.56 Å². The first-order valence-corrected chi connectivity index (χ1v) is 8.10. The normalized spacial score (nSPS) is 11.1. The van der Waals surface area contributed by atoms with E-state index in [1.807, 2.05) is 37.7 Å². The molecule has 0 aliphatic heterocycles. The summed E-state index contributed by atoms with van der Waals surface area (Å²) in [7, 11) is 1.94. The summed E-state index contributed by atoms with van der Waals surface area (Å²) in [6, 6.07) is 3.79. The number of carbonyl (C=O) groups is 1. The van der Waals surface area contributed by atoms with Crippen LogP contribution in [0.2, 0.25) is 0 Å². The number of hydrogen-bond donors (Lipinski definition) is 2. The average Bonchev–Trinajstić information content (AvgIpc) is 3.08. The molecule has 0 spiro atoms. The fraction of sp³-hybridized carbons (Fsp3) is 0.412. The number of hydrogen-bond acceptors (Lipinski definition) is 4. The molecule has 0 atom stereocenters. The van der Waals surface area contributed by atoms with E-state index in [0.717, 1.165) is 29.1 Å². The van der Waals surface area contributed by atoms with Gasteiger partial charge in [-0.15, -0.1) is 0 Å². The summed E-state index contributed by atoms with van der Waals surface area (Å²) in [5.74, 6) is 0.820. The van der Waals surface area contributed by atoms with Crippen molar-refractivity contribution < 1.29 is 4.79 Å². The van der Waals surface area contributed by atoms with Crippen LogP contribution in [0.1, 0.15) is 29.2 Å². The minimum atomic E-state index is 0.0302. The fourth-order valence-electron chi connectivity index (χ4n) is 2.84. The Labute approximate surface area is 140 Å². The van der Waals surface area contributed by atoms with Crippen molar-refractivity contribution in [2.75, 3.05) is 6.54 Å². The van der Waals surface area contributed by atoms with Crippen LogP contribution in [0.4, 0.5) is 0 Å². The van der Waals surface area contributed by atoms with Gasteiger partial charge in [-0.05, 0) is 38.0 Å². The monoisotopic (exact) mass is 326 g/mol. The highest BCUT2D eigenvalue weighted by Crippen LogP contribution is 2.12. The molecular weight excluding hydrogens is 304 g/mol. The van der Waals surface area contributed by atoms with Crippen molar-refractivity contribution in [3.05, 3.63) is 41.1 Å². The third kappa shape index (κ3) is 3.45. The van der Waals surface area contributed by atoms with Crippen molar-refractivity contribution in [1.29, 1.82) is 0 Å². The highest BCUT2D eigenvalue weighted by atomic mass is 16.1. The topological polar surface area (TPSA) is 88.5 Å². The fourth-order valence-corrected chi connectivity index (χ4v) is 2.84. The van der Waals surface area contributed by atoms with Gasteiger partial charge in [-0.25, -0.2) is 9.97 Å². The number of nitrogens with one attached hydrogen (secondary N) is 2. The second-order valence-corrected chi connectivity index (χ2v) is 5.93. The number of pyridine rings is 1. The molecule has 3 aromatic rings. The SMILES string of the molecule is Cc1nn(C)c(C)c1CCNC(=O)CCc1nc2ncccc2[nH]1. The van der Waals surface area contributed by atoms with E-state index >= 15 is 0 Å². The molecule has 0 saturated heterocycles. The van der Waals surface area contributed by atoms with Gasteiger partial charge in [0, 0.05) is 38.3 Å². The molecule has 0 aliphatic carbocycles. The van der Waals surface area contributed by atoms with Gasteiger partial charge in [0.15, 0.2) is 5.65 Å². The maximum atomic E-state index is 12.0. The summed E-state index contributed by atoms with van der Waals surface area (Å²) < 4.78 is 1.88. The Morgan fingerprint density at radius 1 is 1.33 bits per heavy atom. The van der Waals surface area contributed by atoms with Crippen LogP contribution >= 0.6 is 0 Å². The number of imidazole rings is 1. The molecular formula is C17H22N6O. The average molecular weight is 326 g/mol. The standard InChI is InChI=1S/C17H22N6O/c1-11-13(12(2)23(3)22-11)8-10-18-16(24)7-6-15-20-14-5-4-9-19-17(14)21-15/h4-5,9H,6-8,10H2,1-3H3,(H,18,24)(H,19,20,21). The lowest BCUT2D eigenvalue weighted by atomic mass is 10.1. The van der Waals surface area contributed by atoms with Gasteiger partial charge >= 0.3 is 0 Å². The van der Waals surface area contributed by atoms with Gasteiger partial charge in [0.05, 0.1) is 11.2 Å². The molecule has 3 rings (SSSR count). The number of fused-ring (bicyclic) bond motifs is 1. The zero-order valence-corrected chi connectivity index (χ0v) is 14.3. The summed E-state index contributed by atoms with van der Waals surface area (Å²) >= 11 is 0. The number of nitrogens with zero attached hydrogens (tertiary/aromatic N) is 4. The second-order valence-electron chi connectivity index (χ2n) is 5.93. The van der Waals surface area contributed by atoms with E-state index in [9.17, 15) is 4.79 Å². The highest BCUT2D eigenvalue weighted by Gasteiger charge is 2.10. The van der Waals surface area contributed by atoms with Crippen LogP contribution in [0, 0.1) is 13.8 Å². The van der Waals surface area contributed by atoms with E-state index in [0.29, 0.717) is 25.0 Å². The van der Waals surface area contributed by atoms with E-state index in [-0.39, 0.29) is 5.91 Å². The van der Waals surface area contributed by atoms with Gasteiger partial charge in [-0.2, -0.15) is 5.10 Å². The van der Waals surface area contributed by atoms with Crippen LogP contribution in [0.3, 0.4) is 0 Å². The summed E-state index contributed by atoms with van der Waals surface area (Å²) in [5.41, 5.74) is 4.97. The van der Waals surface area contributed by atoms with E-state index in [1.54, 1.807) is 6.20 Å². The number of carbonyl (C=O) groups excluding carboxylic acids is 1. The van der Waals surface area contributed by atoms with Gasteiger partial charge in [-0.1, -0.05) is 0 Å². The Morgan fingerprint density at radius 2 is 2.17 bits per heavy atom. The first-order valence-electron chi connectivity index (χ1n) is 8.10. The van der Waals surface area contributed by atoms with Crippen molar-refractivity contribution in [3.8, 4) is 0 Å². The van der Waals surface area contributed by atoms with Gasteiger partial charge in [0.25, 0.3) is 0 Å². The summed E-state index contributed by atoms with van der Waals surface area (Å²) in [5, 5.41) is 7.36. The Hall–Kier alpha value is -2.70. The number of rotatable bonds is 6. The molecule has 3 aromatic heterocycles. The molecule has 0 radical (unpaired) electrons. The maximum Gasteiger partial charge on any atom is 0.220 e. The van der Waals surface area contributed by atoms with Gasteiger partial charge in [-0.3, -0.25) is 9.48 Å². The molecule has 0 bridgehead atoms. The number of H-pyrrole nitrogens is 1. The maximum absolute atomic E-state index is 12.0. The van der Waals surface area contributed by atoms with E-state index in [2.05, 4.69) is 25.4 Å². The molecule has 0 aliphatic rings. The lowest BCUT2D eigenvalue weighted by molar-refractivity contribution is -0.121. The smallest absolute Gasteiger partial charge is 0.220 e. The van der Waals surface area contributed by atoms with Gasteiger partial charge in [0.2, 0.25) is 5.91 Å². The minimum Gasteiger partial charge on any atom is -0.356 e. The summed E-state index contributed by atoms with van der Waals surface area (Å²) in [6.07, 6.45) is 3.49. The van der Waals surface area contributed by atoms with Crippen LogP contribution in [0.5, 0.6) is 0 Å². The predicted molar refractivity (Wildman–Crippen MR) is 91.6 cm³/mol. The number of aromatic nitrogens is 5. The van der Waals surface area contributed by atoms with Crippen LogP contribution in [-0.2, 0) is 24.7 Å². The number of amides is 1. The largest absolute Gasteiger partial charge is 0.356 e. The lowest BCUT2D eigenvalue weighted by Crippen LogP contribution is -2.26. The minimum absolute atomic E-state index is 0.0302. The molecule has 3 heterocycles. The molecule has 24 heavy (non-hydrogen) atoms. The van der Waals surface area contributed by atoms with Crippen LogP contribution in [0.15, 0.2) is 18.3 Å². The van der Waals surface area contributed by atoms with Crippen LogP contribution in [0.25, 0.3) is 11.2 Å². The van der Waals surface area contributed by atoms with Crippen LogP contribution < -0.4 is 5.32 Å². The molecule has 0 saturated carbocycles. The Morgan fingerprint density at radius 3 is 2.88 bits per heavy atom. The Bertz CT molecular complexity index is 830. The molecule has 0 fully saturated rings. The third-order valence-electron chi connectivity index (χ3n) is 4.25. The first-order chi connectivity index (χ1) is 11.5. The Kier molecular flexibility index (Phi) is 4.59. The molecule has 7 heteroatoms. The molecule has 1 amide bonds. The summed E-state index contributed by atoms with van der Waals surface area (Å²) in [6.45, 7) is 4.67. The number of aryl methyl sites for hydroxylation is 3. The first kappa shape index (κ1) is 16.2. The quantitative estimate of drug-likeness (QED) is 0.720. The van der Waals surface area contributed by atoms with Crippen molar-refractivity contribution in [2.24, 2.45) is 7.05 Å². The Balaban J connectivity index is 1.47. The van der Waals surface area contributed by atoms with Gasteiger partial charge < -0.3 is 10.3 Å². The molecule has 126 valence electrons. The summed E-state index contributed by atoms with van der Waals surface area (Å²) in [4.78, 5) is 23.8. The highest BCUT2D eigenvalue weighted by molar-refractivity contribution is 5.76. The van der Waals surface area contributed by atoms with Crippen molar-refractivity contribution >= 4 is 17.1 Å². The molecule has 0 aromatic carbocycles. The molecule has 2 N–H and O–H groups in total. The molecule has 7 nitrogen and oxygen atoms in total. The van der Waals surface area contributed by atoms with Crippen molar-refractivity contribution in [2.45, 2.75) is 33.1 Å².